The first-order valence-electron chi connectivity index (χ1n) is 12.6. The second-order valence-electron chi connectivity index (χ2n) is 10.3. The highest BCUT2D eigenvalue weighted by Crippen LogP contribution is 2.29. The van der Waals surface area contributed by atoms with Gasteiger partial charge < -0.3 is 14.9 Å². The number of aliphatic hydroxyl groups excluding tert-OH is 1. The van der Waals surface area contributed by atoms with Gasteiger partial charge in [0.1, 0.15) is 6.54 Å². The molecule has 2 N–H and O–H groups in total. The van der Waals surface area contributed by atoms with Crippen LogP contribution < -0.4 is 5.32 Å². The molecule has 0 saturated heterocycles. The normalized spacial score (nSPS) is 13.5. The number of fused-ring (bicyclic) bond motifs is 1. The number of aliphatic hydroxyl groups is 1. The van der Waals surface area contributed by atoms with Gasteiger partial charge in [-0.3, -0.25) is 4.79 Å². The van der Waals surface area contributed by atoms with Crippen molar-refractivity contribution in [2.45, 2.75) is 39.2 Å². The van der Waals surface area contributed by atoms with Crippen molar-refractivity contribution in [1.29, 1.82) is 0 Å². The van der Waals surface area contributed by atoms with Crippen molar-refractivity contribution in [1.82, 2.24) is 0 Å². The van der Waals surface area contributed by atoms with Crippen LogP contribution in [-0.2, 0) is 17.8 Å². The molecule has 0 unspecified atom stereocenters. The fourth-order valence-electron chi connectivity index (χ4n) is 4.77. The molecule has 0 heterocycles. The number of aryl methyl sites for hydroxylation is 2. The second kappa shape index (κ2) is 11.0. The molecule has 0 saturated carbocycles. The molecule has 0 atom stereocenters. The first-order chi connectivity index (χ1) is 16.8. The summed E-state index contributed by atoms with van der Waals surface area (Å²) in [7, 11) is 4.35. The summed E-state index contributed by atoms with van der Waals surface area (Å²) in [6.07, 6.45) is 5.59. The number of anilines is 1. The van der Waals surface area contributed by atoms with Gasteiger partial charge in [-0.1, -0.05) is 54.1 Å². The summed E-state index contributed by atoms with van der Waals surface area (Å²) in [5, 5.41) is 12.2. The molecule has 1 amide bonds. The van der Waals surface area contributed by atoms with Crippen molar-refractivity contribution in [2.24, 2.45) is 0 Å². The first kappa shape index (κ1) is 24.9. The Hall–Kier alpha value is -3.21. The Morgan fingerprint density at radius 3 is 2.37 bits per heavy atom. The monoisotopic (exact) mass is 469 g/mol. The number of carbonyl (C=O) groups excluding carboxylic acids is 1. The SMILES string of the molecule is Cc1ccc(-c2ccc3c(c2)C=C(C(=O)Nc2ccc(C[N+](C)(C)CCCO)cc2)CCC3)cc1. The fourth-order valence-corrected chi connectivity index (χ4v) is 4.77. The largest absolute Gasteiger partial charge is 0.396 e. The summed E-state index contributed by atoms with van der Waals surface area (Å²) in [5.74, 6) is -0.0228. The Morgan fingerprint density at radius 2 is 1.66 bits per heavy atom. The van der Waals surface area contributed by atoms with Crippen molar-refractivity contribution in [2.75, 3.05) is 32.6 Å². The third-order valence-corrected chi connectivity index (χ3v) is 6.79. The van der Waals surface area contributed by atoms with Crippen LogP contribution >= 0.6 is 0 Å². The molecule has 4 rings (SSSR count). The van der Waals surface area contributed by atoms with Gasteiger partial charge in [0.05, 0.1) is 20.6 Å². The predicted molar refractivity (Wildman–Crippen MR) is 145 cm³/mol. The standard InChI is InChI=1S/C31H36N2O2/c1-23-8-12-26(13-9-23)27-15-14-25-6-4-7-28(21-29(25)20-27)31(35)32-30-16-10-24(11-17-30)22-33(2,3)18-5-19-34/h8-17,20-21,34H,4-7,18-19,22H2,1-3H3/p+1. The Morgan fingerprint density at radius 1 is 0.943 bits per heavy atom. The number of hydrogen-bond donors (Lipinski definition) is 2. The van der Waals surface area contributed by atoms with Gasteiger partial charge in [-0.05, 0) is 72.7 Å². The van der Waals surface area contributed by atoms with E-state index < -0.39 is 0 Å². The fraction of sp³-hybridized carbons (Fsp3) is 0.323. The third kappa shape index (κ3) is 6.68. The van der Waals surface area contributed by atoms with Crippen LogP contribution in [0, 0.1) is 6.92 Å². The average molecular weight is 470 g/mol. The number of nitrogens with zero attached hydrogens (tertiary/aromatic N) is 1. The molecule has 0 spiro atoms. The molecule has 1 aliphatic carbocycles. The van der Waals surface area contributed by atoms with Crippen LogP contribution in [0.5, 0.6) is 0 Å². The maximum absolute atomic E-state index is 13.1. The van der Waals surface area contributed by atoms with Crippen molar-refractivity contribution >= 4 is 17.7 Å². The van der Waals surface area contributed by atoms with E-state index >= 15 is 0 Å². The summed E-state index contributed by atoms with van der Waals surface area (Å²) in [4.78, 5) is 13.1. The van der Waals surface area contributed by atoms with Crippen molar-refractivity contribution in [3.63, 3.8) is 0 Å². The van der Waals surface area contributed by atoms with E-state index in [-0.39, 0.29) is 12.5 Å². The van der Waals surface area contributed by atoms with E-state index in [9.17, 15) is 4.79 Å². The number of rotatable bonds is 8. The van der Waals surface area contributed by atoms with E-state index in [0.29, 0.717) is 0 Å². The van der Waals surface area contributed by atoms with E-state index in [1.165, 1.54) is 27.8 Å². The van der Waals surface area contributed by atoms with Crippen LogP contribution in [0.15, 0.2) is 72.3 Å². The molecule has 3 aromatic carbocycles. The molecule has 3 aromatic rings. The summed E-state index contributed by atoms with van der Waals surface area (Å²) < 4.78 is 0.823. The van der Waals surface area contributed by atoms with Gasteiger partial charge >= 0.3 is 0 Å². The lowest BCUT2D eigenvalue weighted by atomic mass is 9.97. The minimum atomic E-state index is -0.0228. The van der Waals surface area contributed by atoms with E-state index in [1.807, 2.05) is 12.1 Å². The number of nitrogens with one attached hydrogen (secondary N) is 1. The highest BCUT2D eigenvalue weighted by molar-refractivity contribution is 6.07. The molecule has 0 aromatic heterocycles. The van der Waals surface area contributed by atoms with Crippen LogP contribution in [0.3, 0.4) is 0 Å². The van der Waals surface area contributed by atoms with Crippen molar-refractivity contribution in [3.05, 3.63) is 94.6 Å². The molecule has 4 heteroatoms. The van der Waals surface area contributed by atoms with E-state index in [1.54, 1.807) is 0 Å². The maximum Gasteiger partial charge on any atom is 0.251 e. The lowest BCUT2D eigenvalue weighted by molar-refractivity contribution is -0.903. The second-order valence-corrected chi connectivity index (χ2v) is 10.3. The Bertz CT molecular complexity index is 1190. The quantitative estimate of drug-likeness (QED) is 0.399. The maximum atomic E-state index is 13.1. The smallest absolute Gasteiger partial charge is 0.251 e. The van der Waals surface area contributed by atoms with E-state index in [0.717, 1.165) is 60.1 Å². The van der Waals surface area contributed by atoms with Gasteiger partial charge in [0.2, 0.25) is 0 Å². The number of amides is 1. The van der Waals surface area contributed by atoms with Crippen molar-refractivity contribution < 1.29 is 14.4 Å². The number of quaternary nitrogens is 1. The zero-order valence-electron chi connectivity index (χ0n) is 21.2. The molecule has 4 nitrogen and oxygen atoms in total. The Labute approximate surface area is 209 Å². The van der Waals surface area contributed by atoms with Crippen LogP contribution in [0.25, 0.3) is 17.2 Å². The predicted octanol–water partition coefficient (Wildman–Crippen LogP) is 5.98. The van der Waals surface area contributed by atoms with Crippen LogP contribution in [0.2, 0.25) is 0 Å². The Kier molecular flexibility index (Phi) is 7.84. The lowest BCUT2D eigenvalue weighted by Crippen LogP contribution is -2.39. The van der Waals surface area contributed by atoms with E-state index in [4.69, 9.17) is 5.11 Å². The van der Waals surface area contributed by atoms with Gasteiger partial charge in [0, 0.05) is 29.9 Å². The van der Waals surface area contributed by atoms with E-state index in [2.05, 4.69) is 87.0 Å². The molecule has 0 bridgehead atoms. The minimum absolute atomic E-state index is 0.0228. The van der Waals surface area contributed by atoms with Gasteiger partial charge in [-0.15, -0.1) is 0 Å². The summed E-state index contributed by atoms with van der Waals surface area (Å²) >= 11 is 0. The molecular formula is C31H37N2O2+. The Balaban J connectivity index is 1.47. The van der Waals surface area contributed by atoms with Crippen LogP contribution in [0.4, 0.5) is 5.69 Å². The molecule has 0 aliphatic heterocycles. The zero-order valence-corrected chi connectivity index (χ0v) is 21.2. The highest BCUT2D eigenvalue weighted by Gasteiger charge is 2.17. The van der Waals surface area contributed by atoms with Gasteiger partial charge in [-0.25, -0.2) is 0 Å². The molecule has 0 fully saturated rings. The zero-order chi connectivity index (χ0) is 24.8. The van der Waals surface area contributed by atoms with Gasteiger partial charge in [0.25, 0.3) is 5.91 Å². The first-order valence-corrected chi connectivity index (χ1v) is 12.6. The van der Waals surface area contributed by atoms with Crippen molar-refractivity contribution in [3.8, 4) is 11.1 Å². The molecular weight excluding hydrogens is 432 g/mol. The summed E-state index contributed by atoms with van der Waals surface area (Å²) in [6, 6.07) is 23.3. The van der Waals surface area contributed by atoms with Crippen LogP contribution in [-0.4, -0.2) is 42.7 Å². The van der Waals surface area contributed by atoms with Gasteiger partial charge in [0.15, 0.2) is 0 Å². The molecule has 35 heavy (non-hydrogen) atoms. The third-order valence-electron chi connectivity index (χ3n) is 6.79. The topological polar surface area (TPSA) is 49.3 Å². The number of carbonyl (C=O) groups is 1. The highest BCUT2D eigenvalue weighted by atomic mass is 16.3. The number of benzene rings is 3. The molecule has 0 radical (unpaired) electrons. The summed E-state index contributed by atoms with van der Waals surface area (Å²) in [5.41, 5.74) is 8.93. The number of hydrogen-bond acceptors (Lipinski definition) is 2. The lowest BCUT2D eigenvalue weighted by Gasteiger charge is -2.29. The molecule has 182 valence electrons. The van der Waals surface area contributed by atoms with Crippen LogP contribution in [0.1, 0.15) is 41.5 Å². The minimum Gasteiger partial charge on any atom is -0.396 e. The van der Waals surface area contributed by atoms with Gasteiger partial charge in [-0.2, -0.15) is 0 Å². The molecule has 1 aliphatic rings. The average Bonchev–Trinajstić information content (AvgIpc) is 3.06. The summed E-state index contributed by atoms with van der Waals surface area (Å²) in [6.45, 7) is 4.14.